The molecule has 0 atom stereocenters. The summed E-state index contributed by atoms with van der Waals surface area (Å²) in [6.45, 7) is 0. The molecule has 0 aliphatic rings. The lowest BCUT2D eigenvalue weighted by Gasteiger charge is -2.09. The molecule has 24 heavy (non-hydrogen) atoms. The van der Waals surface area contributed by atoms with Gasteiger partial charge >= 0.3 is 11.7 Å². The van der Waals surface area contributed by atoms with Crippen molar-refractivity contribution in [3.05, 3.63) is 52.9 Å². The zero-order valence-electron chi connectivity index (χ0n) is 13.7. The zero-order chi connectivity index (χ0) is 17.3. The molecule has 2 aromatic carbocycles. The van der Waals surface area contributed by atoms with Crippen molar-refractivity contribution < 1.29 is 9.53 Å². The van der Waals surface area contributed by atoms with Gasteiger partial charge in [0.2, 0.25) is 0 Å². The predicted molar refractivity (Wildman–Crippen MR) is 93.8 cm³/mol. The summed E-state index contributed by atoms with van der Waals surface area (Å²) >= 11 is 0. The first kappa shape index (κ1) is 15.7. The van der Waals surface area contributed by atoms with Gasteiger partial charge in [-0.2, -0.15) is 0 Å². The van der Waals surface area contributed by atoms with E-state index in [-0.39, 0.29) is 11.7 Å². The third-order valence-corrected chi connectivity index (χ3v) is 3.86. The Bertz CT molecular complexity index is 972. The highest BCUT2D eigenvalue weighted by Crippen LogP contribution is 2.19. The molecule has 3 aromatic rings. The highest BCUT2D eigenvalue weighted by atomic mass is 16.5. The van der Waals surface area contributed by atoms with Crippen molar-refractivity contribution in [1.29, 1.82) is 0 Å². The molecule has 0 bridgehead atoms. The molecular formula is C17H18N4O3. The highest BCUT2D eigenvalue weighted by molar-refractivity contribution is 6.00. The lowest BCUT2D eigenvalue weighted by molar-refractivity contribution is 0.262. The molecule has 2 N–H and O–H groups in total. The number of ether oxygens (including phenoxy) is 1. The van der Waals surface area contributed by atoms with Crippen LogP contribution in [0.5, 0.6) is 5.75 Å². The molecule has 0 saturated carbocycles. The number of nitrogens with zero attached hydrogens (tertiary/aromatic N) is 2. The monoisotopic (exact) mass is 326 g/mol. The number of nitrogens with one attached hydrogen (secondary N) is 2. The summed E-state index contributed by atoms with van der Waals surface area (Å²) in [7, 11) is 4.98. The van der Waals surface area contributed by atoms with Gasteiger partial charge in [-0.05, 0) is 30.3 Å². The van der Waals surface area contributed by atoms with Crippen LogP contribution in [0.2, 0.25) is 0 Å². The number of aryl methyl sites for hydroxylation is 2. The average molecular weight is 326 g/mol. The van der Waals surface area contributed by atoms with Crippen molar-refractivity contribution in [1.82, 2.24) is 9.13 Å². The number of fused-ring (bicyclic) bond motifs is 1. The summed E-state index contributed by atoms with van der Waals surface area (Å²) in [6, 6.07) is 12.0. The molecule has 0 unspecified atom stereocenters. The molecule has 7 heteroatoms. The van der Waals surface area contributed by atoms with Crippen LogP contribution in [0.1, 0.15) is 0 Å². The Labute approximate surface area is 138 Å². The van der Waals surface area contributed by atoms with Crippen LogP contribution in [0.4, 0.5) is 16.2 Å². The van der Waals surface area contributed by atoms with Gasteiger partial charge in [0.05, 0.1) is 18.1 Å². The van der Waals surface area contributed by atoms with Crippen LogP contribution in [0, 0.1) is 0 Å². The number of hydrogen-bond donors (Lipinski definition) is 2. The predicted octanol–water partition coefficient (Wildman–Crippen LogP) is 2.53. The second kappa shape index (κ2) is 6.11. The van der Waals surface area contributed by atoms with Gasteiger partial charge in [-0.1, -0.05) is 6.07 Å². The van der Waals surface area contributed by atoms with Crippen molar-refractivity contribution >= 4 is 28.4 Å². The number of aromatic nitrogens is 2. The first-order valence-corrected chi connectivity index (χ1v) is 7.37. The zero-order valence-corrected chi connectivity index (χ0v) is 13.7. The average Bonchev–Trinajstić information content (AvgIpc) is 2.79. The van der Waals surface area contributed by atoms with Gasteiger partial charge in [0.1, 0.15) is 5.75 Å². The molecule has 0 spiro atoms. The van der Waals surface area contributed by atoms with Crippen LogP contribution in [0.25, 0.3) is 11.0 Å². The number of anilines is 2. The Morgan fingerprint density at radius 3 is 2.33 bits per heavy atom. The third kappa shape index (κ3) is 2.83. The molecule has 2 amide bonds. The van der Waals surface area contributed by atoms with Gasteiger partial charge in [0.15, 0.2) is 0 Å². The van der Waals surface area contributed by atoms with Crippen LogP contribution in [-0.4, -0.2) is 22.3 Å². The summed E-state index contributed by atoms with van der Waals surface area (Å²) < 4.78 is 8.23. The Hall–Kier alpha value is -3.22. The molecular weight excluding hydrogens is 308 g/mol. The summed E-state index contributed by atoms with van der Waals surface area (Å²) in [6.07, 6.45) is 0. The molecule has 0 saturated heterocycles. The van der Waals surface area contributed by atoms with Gasteiger partial charge in [-0.25, -0.2) is 9.59 Å². The van der Waals surface area contributed by atoms with Gasteiger partial charge in [0.25, 0.3) is 0 Å². The van der Waals surface area contributed by atoms with Crippen LogP contribution in [-0.2, 0) is 14.1 Å². The second-order valence-corrected chi connectivity index (χ2v) is 5.42. The Balaban J connectivity index is 1.80. The number of benzene rings is 2. The maximum absolute atomic E-state index is 12.1. The van der Waals surface area contributed by atoms with E-state index in [1.54, 1.807) is 72.8 Å². The van der Waals surface area contributed by atoms with E-state index in [9.17, 15) is 9.59 Å². The third-order valence-electron chi connectivity index (χ3n) is 3.86. The topological polar surface area (TPSA) is 77.3 Å². The molecule has 0 fully saturated rings. The van der Waals surface area contributed by atoms with Crippen molar-refractivity contribution in [3.8, 4) is 5.75 Å². The van der Waals surface area contributed by atoms with E-state index in [1.165, 1.54) is 0 Å². The van der Waals surface area contributed by atoms with Crippen LogP contribution >= 0.6 is 0 Å². The molecule has 0 radical (unpaired) electrons. The van der Waals surface area contributed by atoms with E-state index < -0.39 is 0 Å². The van der Waals surface area contributed by atoms with Gasteiger partial charge in [0, 0.05) is 31.5 Å². The largest absolute Gasteiger partial charge is 0.497 e. The van der Waals surface area contributed by atoms with E-state index in [0.29, 0.717) is 17.1 Å². The normalized spacial score (nSPS) is 10.6. The molecule has 7 nitrogen and oxygen atoms in total. The van der Waals surface area contributed by atoms with Gasteiger partial charge in [-0.3, -0.25) is 9.13 Å². The number of rotatable bonds is 3. The first-order chi connectivity index (χ1) is 11.5. The molecule has 1 aromatic heterocycles. The smallest absolute Gasteiger partial charge is 0.328 e. The fourth-order valence-electron chi connectivity index (χ4n) is 2.58. The molecule has 3 rings (SSSR count). The van der Waals surface area contributed by atoms with Crippen molar-refractivity contribution in [2.24, 2.45) is 14.1 Å². The molecule has 124 valence electrons. The van der Waals surface area contributed by atoms with Crippen LogP contribution in [0.3, 0.4) is 0 Å². The first-order valence-electron chi connectivity index (χ1n) is 7.37. The van der Waals surface area contributed by atoms with E-state index in [2.05, 4.69) is 10.6 Å². The van der Waals surface area contributed by atoms with Crippen molar-refractivity contribution in [3.63, 3.8) is 0 Å². The summed E-state index contributed by atoms with van der Waals surface area (Å²) in [5, 5.41) is 5.50. The number of carbonyl (C=O) groups excluding carboxylic acids is 1. The van der Waals surface area contributed by atoms with Crippen molar-refractivity contribution in [2.75, 3.05) is 17.7 Å². The van der Waals surface area contributed by atoms with E-state index in [0.717, 1.165) is 11.0 Å². The summed E-state index contributed by atoms with van der Waals surface area (Å²) in [5.41, 5.74) is 2.68. The quantitative estimate of drug-likeness (QED) is 0.776. The number of methoxy groups -OCH3 is 1. The summed E-state index contributed by atoms with van der Waals surface area (Å²) in [4.78, 5) is 24.1. The van der Waals surface area contributed by atoms with Crippen molar-refractivity contribution in [2.45, 2.75) is 0 Å². The van der Waals surface area contributed by atoms with Crippen LogP contribution < -0.4 is 21.1 Å². The molecule has 0 aliphatic heterocycles. The SMILES string of the molecule is COc1cccc(NC(=O)Nc2ccc3c(c2)n(C)c(=O)n3C)c1. The van der Waals surface area contributed by atoms with Gasteiger partial charge in [-0.15, -0.1) is 0 Å². The minimum Gasteiger partial charge on any atom is -0.497 e. The Morgan fingerprint density at radius 1 is 0.958 bits per heavy atom. The number of urea groups is 1. The number of imidazole rings is 1. The molecule has 1 heterocycles. The van der Waals surface area contributed by atoms with E-state index in [1.807, 2.05) is 0 Å². The maximum atomic E-state index is 12.1. The highest BCUT2D eigenvalue weighted by Gasteiger charge is 2.09. The Morgan fingerprint density at radius 2 is 1.62 bits per heavy atom. The number of hydrogen-bond acceptors (Lipinski definition) is 3. The van der Waals surface area contributed by atoms with E-state index in [4.69, 9.17) is 4.74 Å². The lowest BCUT2D eigenvalue weighted by atomic mass is 10.2. The fraction of sp³-hybridized carbons (Fsp3) is 0.176. The Kier molecular flexibility index (Phi) is 3.99. The maximum Gasteiger partial charge on any atom is 0.328 e. The minimum absolute atomic E-state index is 0.108. The molecule has 0 aliphatic carbocycles. The summed E-state index contributed by atoms with van der Waals surface area (Å²) in [5.74, 6) is 0.661. The second-order valence-electron chi connectivity index (χ2n) is 5.42. The van der Waals surface area contributed by atoms with Gasteiger partial charge < -0.3 is 15.4 Å². The fourth-order valence-corrected chi connectivity index (χ4v) is 2.58. The standard InChI is InChI=1S/C17H18N4O3/c1-20-14-8-7-12(10-15(14)21(2)17(20)23)19-16(22)18-11-5-4-6-13(9-11)24-3/h4-10H,1-3H3,(H2,18,19,22). The lowest BCUT2D eigenvalue weighted by Crippen LogP contribution is -2.19. The number of amides is 2. The van der Waals surface area contributed by atoms with Crippen LogP contribution in [0.15, 0.2) is 47.3 Å². The number of carbonyl (C=O) groups is 1. The minimum atomic E-state index is -0.372. The van der Waals surface area contributed by atoms with E-state index >= 15 is 0 Å².